The van der Waals surface area contributed by atoms with E-state index in [0.717, 1.165) is 83.1 Å². The van der Waals surface area contributed by atoms with Gasteiger partial charge in [0, 0.05) is 58.1 Å². The van der Waals surface area contributed by atoms with E-state index in [1.807, 2.05) is 12.1 Å². The fourth-order valence-electron chi connectivity index (χ4n) is 4.22. The fourth-order valence-corrected chi connectivity index (χ4v) is 4.22. The van der Waals surface area contributed by atoms with Gasteiger partial charge in [-0.05, 0) is 62.6 Å². The van der Waals surface area contributed by atoms with Crippen molar-refractivity contribution in [3.63, 3.8) is 0 Å². The highest BCUT2D eigenvalue weighted by atomic mass is 19.1. The molecular weight excluding hydrogens is 397 g/mol. The Kier molecular flexibility index (Phi) is 10.0. The van der Waals surface area contributed by atoms with Gasteiger partial charge in [0.2, 0.25) is 0 Å². The minimum atomic E-state index is -0.205. The van der Waals surface area contributed by atoms with Gasteiger partial charge >= 0.3 is 0 Å². The third-order valence-electron chi connectivity index (χ3n) is 6.24. The number of hydrogen-bond donors (Lipinski definition) is 2. The van der Waals surface area contributed by atoms with Gasteiger partial charge in [-0.1, -0.05) is 12.1 Å². The van der Waals surface area contributed by atoms with Gasteiger partial charge in [-0.25, -0.2) is 4.39 Å². The lowest BCUT2D eigenvalue weighted by molar-refractivity contribution is 0.0203. The smallest absolute Gasteiger partial charge is 0.191 e. The SMILES string of the molecule is CCNC(=NCC1(c2ccc(F)cc2)CCOCC1)NCCCOCC1CCOCC1. The van der Waals surface area contributed by atoms with Crippen LogP contribution in [0.5, 0.6) is 0 Å². The Labute approximate surface area is 185 Å². The summed E-state index contributed by atoms with van der Waals surface area (Å²) in [6.07, 6.45) is 4.93. The minimum absolute atomic E-state index is 0.110. The number of benzene rings is 1. The molecule has 2 N–H and O–H groups in total. The van der Waals surface area contributed by atoms with Crippen molar-refractivity contribution in [1.29, 1.82) is 0 Å². The topological polar surface area (TPSA) is 64.1 Å². The van der Waals surface area contributed by atoms with Crippen molar-refractivity contribution in [3.05, 3.63) is 35.6 Å². The van der Waals surface area contributed by atoms with E-state index < -0.39 is 0 Å². The predicted molar refractivity (Wildman–Crippen MR) is 121 cm³/mol. The molecule has 174 valence electrons. The monoisotopic (exact) mass is 435 g/mol. The molecule has 2 saturated heterocycles. The molecule has 2 heterocycles. The number of nitrogens with one attached hydrogen (secondary N) is 2. The van der Waals surface area contributed by atoms with Crippen LogP contribution in [0.15, 0.2) is 29.3 Å². The molecule has 0 spiro atoms. The van der Waals surface area contributed by atoms with Crippen LogP contribution < -0.4 is 10.6 Å². The Balaban J connectivity index is 1.48. The first-order valence-electron chi connectivity index (χ1n) is 11.7. The molecule has 31 heavy (non-hydrogen) atoms. The predicted octanol–water partition coefficient (Wildman–Crippen LogP) is 3.26. The molecule has 0 bridgehead atoms. The first-order valence-corrected chi connectivity index (χ1v) is 11.7. The molecule has 7 heteroatoms. The normalized spacial score (nSPS) is 19.9. The summed E-state index contributed by atoms with van der Waals surface area (Å²) in [6.45, 7) is 9.07. The van der Waals surface area contributed by atoms with E-state index >= 15 is 0 Å². The zero-order valence-electron chi connectivity index (χ0n) is 18.8. The lowest BCUT2D eigenvalue weighted by Gasteiger charge is -2.36. The van der Waals surface area contributed by atoms with Crippen molar-refractivity contribution >= 4 is 5.96 Å². The van der Waals surface area contributed by atoms with Gasteiger partial charge in [-0.3, -0.25) is 4.99 Å². The first kappa shape index (κ1) is 24.0. The van der Waals surface area contributed by atoms with Gasteiger partial charge in [-0.2, -0.15) is 0 Å². The van der Waals surface area contributed by atoms with Crippen LogP contribution in [0.1, 0.15) is 44.6 Å². The van der Waals surface area contributed by atoms with E-state index in [0.29, 0.717) is 25.7 Å². The maximum absolute atomic E-state index is 13.4. The summed E-state index contributed by atoms with van der Waals surface area (Å²) in [5, 5.41) is 6.76. The first-order chi connectivity index (χ1) is 15.2. The average molecular weight is 436 g/mol. The Hall–Kier alpha value is -1.70. The van der Waals surface area contributed by atoms with Crippen LogP contribution in [0.2, 0.25) is 0 Å². The highest BCUT2D eigenvalue weighted by molar-refractivity contribution is 5.79. The van der Waals surface area contributed by atoms with Crippen LogP contribution in [-0.2, 0) is 19.6 Å². The van der Waals surface area contributed by atoms with E-state index in [2.05, 4.69) is 17.6 Å². The summed E-state index contributed by atoms with van der Waals surface area (Å²) in [7, 11) is 0. The minimum Gasteiger partial charge on any atom is -0.381 e. The molecule has 1 aromatic carbocycles. The molecule has 2 aliphatic heterocycles. The second-order valence-electron chi connectivity index (χ2n) is 8.51. The maximum Gasteiger partial charge on any atom is 0.191 e. The molecule has 0 saturated carbocycles. The zero-order chi connectivity index (χ0) is 21.8. The van der Waals surface area contributed by atoms with E-state index in [1.165, 1.54) is 0 Å². The van der Waals surface area contributed by atoms with E-state index in [4.69, 9.17) is 19.2 Å². The number of nitrogens with zero attached hydrogens (tertiary/aromatic N) is 1. The van der Waals surface area contributed by atoms with E-state index in [1.54, 1.807) is 12.1 Å². The lowest BCUT2D eigenvalue weighted by atomic mass is 9.74. The van der Waals surface area contributed by atoms with Crippen molar-refractivity contribution in [1.82, 2.24) is 10.6 Å². The Morgan fingerprint density at radius 2 is 1.81 bits per heavy atom. The van der Waals surface area contributed by atoms with Crippen molar-refractivity contribution in [2.24, 2.45) is 10.9 Å². The van der Waals surface area contributed by atoms with Gasteiger partial charge in [0.1, 0.15) is 5.82 Å². The van der Waals surface area contributed by atoms with E-state index in [9.17, 15) is 4.39 Å². The second kappa shape index (κ2) is 13.0. The number of halogens is 1. The third kappa shape index (κ3) is 7.74. The number of hydrogen-bond acceptors (Lipinski definition) is 4. The highest BCUT2D eigenvalue weighted by Crippen LogP contribution is 2.35. The zero-order valence-corrected chi connectivity index (χ0v) is 18.8. The van der Waals surface area contributed by atoms with Crippen LogP contribution in [0, 0.1) is 11.7 Å². The highest BCUT2D eigenvalue weighted by Gasteiger charge is 2.34. The second-order valence-corrected chi connectivity index (χ2v) is 8.51. The Morgan fingerprint density at radius 1 is 1.10 bits per heavy atom. The standard InChI is InChI=1S/C24H38FN3O3/c1-2-26-23(27-12-3-13-31-18-20-8-14-29-15-9-20)28-19-24(10-16-30-17-11-24)21-4-6-22(25)7-5-21/h4-7,20H,2-3,8-19H2,1H3,(H2,26,27,28). The summed E-state index contributed by atoms with van der Waals surface area (Å²) in [5.41, 5.74) is 1.03. The van der Waals surface area contributed by atoms with Crippen molar-refractivity contribution < 1.29 is 18.6 Å². The molecule has 0 radical (unpaired) electrons. The van der Waals surface area contributed by atoms with Crippen LogP contribution >= 0.6 is 0 Å². The third-order valence-corrected chi connectivity index (χ3v) is 6.24. The van der Waals surface area contributed by atoms with Crippen LogP contribution in [-0.4, -0.2) is 65.2 Å². The maximum atomic E-state index is 13.4. The average Bonchev–Trinajstić information content (AvgIpc) is 2.81. The van der Waals surface area contributed by atoms with Crippen molar-refractivity contribution in [2.75, 3.05) is 59.3 Å². The van der Waals surface area contributed by atoms with Crippen molar-refractivity contribution in [3.8, 4) is 0 Å². The van der Waals surface area contributed by atoms with Gasteiger partial charge in [0.25, 0.3) is 0 Å². The molecule has 1 aromatic rings. The number of guanidine groups is 1. The van der Waals surface area contributed by atoms with Crippen LogP contribution in [0.3, 0.4) is 0 Å². The van der Waals surface area contributed by atoms with Gasteiger partial charge in [-0.15, -0.1) is 0 Å². The van der Waals surface area contributed by atoms with Crippen LogP contribution in [0.25, 0.3) is 0 Å². The molecule has 0 unspecified atom stereocenters. The molecule has 0 aliphatic carbocycles. The van der Waals surface area contributed by atoms with Gasteiger partial charge in [0.05, 0.1) is 6.54 Å². The largest absolute Gasteiger partial charge is 0.381 e. The molecule has 0 amide bonds. The van der Waals surface area contributed by atoms with Gasteiger partial charge in [0.15, 0.2) is 5.96 Å². The Bertz CT molecular complexity index is 657. The Morgan fingerprint density at radius 3 is 2.52 bits per heavy atom. The molecule has 0 atom stereocenters. The van der Waals surface area contributed by atoms with Gasteiger partial charge < -0.3 is 24.8 Å². The molecule has 2 aliphatic rings. The number of aliphatic imine (C=N–C) groups is 1. The number of rotatable bonds is 10. The molecule has 3 rings (SSSR count). The molecule has 0 aromatic heterocycles. The van der Waals surface area contributed by atoms with E-state index in [-0.39, 0.29) is 11.2 Å². The summed E-state index contributed by atoms with van der Waals surface area (Å²) in [4.78, 5) is 4.89. The summed E-state index contributed by atoms with van der Waals surface area (Å²) in [6, 6.07) is 6.87. The fraction of sp³-hybridized carbons (Fsp3) is 0.708. The molecule has 6 nitrogen and oxygen atoms in total. The summed E-state index contributed by atoms with van der Waals surface area (Å²) < 4.78 is 30.3. The number of ether oxygens (including phenoxy) is 3. The quantitative estimate of drug-likeness (QED) is 0.336. The lowest BCUT2D eigenvalue weighted by Crippen LogP contribution is -2.41. The molecule has 2 fully saturated rings. The van der Waals surface area contributed by atoms with Crippen LogP contribution in [0.4, 0.5) is 4.39 Å². The van der Waals surface area contributed by atoms with Crippen molar-refractivity contribution in [2.45, 2.75) is 44.4 Å². The summed E-state index contributed by atoms with van der Waals surface area (Å²) >= 11 is 0. The summed E-state index contributed by atoms with van der Waals surface area (Å²) in [5.74, 6) is 1.26. The molecular formula is C24H38FN3O3.